The molecule has 0 unspecified atom stereocenters. The molecule has 4 N–H and O–H groups in total. The van der Waals surface area contributed by atoms with Gasteiger partial charge in [-0.05, 0) is 12.1 Å². The zero-order valence-corrected chi connectivity index (χ0v) is 8.52. The summed E-state index contributed by atoms with van der Waals surface area (Å²) < 4.78 is 37.6. The molecule has 0 saturated heterocycles. The van der Waals surface area contributed by atoms with Crippen LogP contribution in [0.4, 0.5) is 13.2 Å². The minimum atomic E-state index is -1.52. The molecular formula is C10H13F3N2. The molecule has 1 aromatic rings. The topological polar surface area (TPSA) is 52.0 Å². The first-order valence-corrected chi connectivity index (χ1v) is 4.38. The first-order chi connectivity index (χ1) is 7.06. The third-order valence-corrected chi connectivity index (χ3v) is 1.50. The average Bonchev–Trinajstić information content (AvgIpc) is 2.26. The van der Waals surface area contributed by atoms with Crippen LogP contribution in [0.25, 0.3) is 5.70 Å². The minimum Gasteiger partial charge on any atom is -0.403 e. The van der Waals surface area contributed by atoms with E-state index in [-0.39, 0.29) is 11.3 Å². The van der Waals surface area contributed by atoms with Crippen LogP contribution in [0.15, 0.2) is 18.3 Å². The van der Waals surface area contributed by atoms with Gasteiger partial charge in [0, 0.05) is 11.8 Å². The maximum absolute atomic E-state index is 12.6. The van der Waals surface area contributed by atoms with Crippen LogP contribution in [0.3, 0.4) is 0 Å². The number of nitrogens with two attached hydrogens (primary N) is 2. The first kappa shape index (κ1) is 13.4. The van der Waals surface area contributed by atoms with Gasteiger partial charge in [-0.1, -0.05) is 13.8 Å². The van der Waals surface area contributed by atoms with E-state index in [1.54, 1.807) is 0 Å². The van der Waals surface area contributed by atoms with E-state index in [4.69, 9.17) is 11.5 Å². The highest BCUT2D eigenvalue weighted by molar-refractivity contribution is 5.62. The third-order valence-electron chi connectivity index (χ3n) is 1.50. The highest BCUT2D eigenvalue weighted by Gasteiger charge is 2.11. The van der Waals surface area contributed by atoms with Crippen molar-refractivity contribution in [1.82, 2.24) is 0 Å². The highest BCUT2D eigenvalue weighted by Crippen LogP contribution is 2.16. The van der Waals surface area contributed by atoms with Gasteiger partial charge in [-0.15, -0.1) is 0 Å². The molecule has 0 aliphatic rings. The van der Waals surface area contributed by atoms with E-state index < -0.39 is 17.5 Å². The molecule has 84 valence electrons. The van der Waals surface area contributed by atoms with E-state index in [0.29, 0.717) is 0 Å². The molecule has 0 bridgehead atoms. The van der Waals surface area contributed by atoms with Crippen molar-refractivity contribution in [2.75, 3.05) is 0 Å². The van der Waals surface area contributed by atoms with Gasteiger partial charge in [0.25, 0.3) is 0 Å². The molecule has 1 aromatic carbocycles. The zero-order chi connectivity index (χ0) is 12.0. The SMILES string of the molecule is CC.N/C=C(\N)c1cc(F)c(F)c(F)c1. The number of halogens is 3. The smallest absolute Gasteiger partial charge is 0.194 e. The predicted octanol–water partition coefficient (Wildman–Crippen LogP) is 2.35. The Labute approximate surface area is 86.4 Å². The summed E-state index contributed by atoms with van der Waals surface area (Å²) in [7, 11) is 0. The summed E-state index contributed by atoms with van der Waals surface area (Å²) in [5.74, 6) is -4.10. The minimum absolute atomic E-state index is 0.0129. The fourth-order valence-corrected chi connectivity index (χ4v) is 0.818. The monoisotopic (exact) mass is 218 g/mol. The molecule has 0 spiro atoms. The van der Waals surface area contributed by atoms with Crippen molar-refractivity contribution < 1.29 is 13.2 Å². The van der Waals surface area contributed by atoms with E-state index >= 15 is 0 Å². The summed E-state index contributed by atoms with van der Waals surface area (Å²) in [6.45, 7) is 4.00. The van der Waals surface area contributed by atoms with Gasteiger partial charge in [0.15, 0.2) is 17.5 Å². The second-order valence-electron chi connectivity index (χ2n) is 2.38. The van der Waals surface area contributed by atoms with E-state index in [1.165, 1.54) is 0 Å². The summed E-state index contributed by atoms with van der Waals surface area (Å²) in [5.41, 5.74) is 10.3. The van der Waals surface area contributed by atoms with Crippen LogP contribution in [0.1, 0.15) is 19.4 Å². The quantitative estimate of drug-likeness (QED) is 0.711. The Kier molecular flexibility index (Phi) is 5.30. The lowest BCUT2D eigenvalue weighted by Gasteiger charge is -2.02. The summed E-state index contributed by atoms with van der Waals surface area (Å²) in [6, 6.07) is 1.55. The van der Waals surface area contributed by atoms with Crippen LogP contribution in [0, 0.1) is 17.5 Å². The van der Waals surface area contributed by atoms with E-state index in [1.807, 2.05) is 13.8 Å². The van der Waals surface area contributed by atoms with Crippen molar-refractivity contribution in [3.05, 3.63) is 41.3 Å². The Morgan fingerprint density at radius 2 is 1.53 bits per heavy atom. The summed E-state index contributed by atoms with van der Waals surface area (Å²) >= 11 is 0. The zero-order valence-electron chi connectivity index (χ0n) is 8.52. The van der Waals surface area contributed by atoms with E-state index in [0.717, 1.165) is 18.3 Å². The first-order valence-electron chi connectivity index (χ1n) is 4.38. The lowest BCUT2D eigenvalue weighted by Crippen LogP contribution is -2.02. The van der Waals surface area contributed by atoms with Crippen LogP contribution in [-0.2, 0) is 0 Å². The van der Waals surface area contributed by atoms with Crippen molar-refractivity contribution in [2.24, 2.45) is 11.5 Å². The summed E-state index contributed by atoms with van der Waals surface area (Å²) in [4.78, 5) is 0. The van der Waals surface area contributed by atoms with Gasteiger partial charge in [0.1, 0.15) is 0 Å². The van der Waals surface area contributed by atoms with E-state index in [9.17, 15) is 13.2 Å². The fourth-order valence-electron chi connectivity index (χ4n) is 0.818. The van der Waals surface area contributed by atoms with Gasteiger partial charge in [-0.2, -0.15) is 0 Å². The largest absolute Gasteiger partial charge is 0.403 e. The van der Waals surface area contributed by atoms with Gasteiger partial charge in [-0.25, -0.2) is 13.2 Å². The van der Waals surface area contributed by atoms with Gasteiger partial charge < -0.3 is 11.5 Å². The van der Waals surface area contributed by atoms with Crippen LogP contribution >= 0.6 is 0 Å². The molecule has 2 nitrogen and oxygen atoms in total. The average molecular weight is 218 g/mol. The molecule has 0 radical (unpaired) electrons. The number of rotatable bonds is 1. The lowest BCUT2D eigenvalue weighted by molar-refractivity contribution is 0.446. The molecule has 5 heteroatoms. The number of hydrogen-bond donors (Lipinski definition) is 2. The summed E-state index contributed by atoms with van der Waals surface area (Å²) in [5, 5.41) is 0. The molecule has 0 aliphatic heterocycles. The molecule has 15 heavy (non-hydrogen) atoms. The molecule has 0 saturated carbocycles. The van der Waals surface area contributed by atoms with Gasteiger partial charge in [0.05, 0.1) is 5.70 Å². The maximum Gasteiger partial charge on any atom is 0.194 e. The van der Waals surface area contributed by atoms with Gasteiger partial charge >= 0.3 is 0 Å². The molecule has 0 atom stereocenters. The molecule has 0 fully saturated rings. The van der Waals surface area contributed by atoms with Crippen LogP contribution in [-0.4, -0.2) is 0 Å². The van der Waals surface area contributed by atoms with Crippen LogP contribution in [0.2, 0.25) is 0 Å². The standard InChI is InChI=1S/C8H7F3N2.C2H6/c9-5-1-4(7(13)3-12)2-6(10)8(5)11;1-2/h1-3H,12-13H2;1-2H3/b7-3-;. The number of hydrogen-bond acceptors (Lipinski definition) is 2. The van der Waals surface area contributed by atoms with Crippen molar-refractivity contribution in [2.45, 2.75) is 13.8 Å². The van der Waals surface area contributed by atoms with Crippen molar-refractivity contribution >= 4 is 5.70 Å². The predicted molar refractivity (Wildman–Crippen MR) is 54.0 cm³/mol. The Balaban J connectivity index is 0.000000921. The Morgan fingerprint density at radius 1 is 1.13 bits per heavy atom. The maximum atomic E-state index is 12.6. The Morgan fingerprint density at radius 3 is 1.87 bits per heavy atom. The van der Waals surface area contributed by atoms with Crippen molar-refractivity contribution in [1.29, 1.82) is 0 Å². The normalized spacial score (nSPS) is 10.6. The van der Waals surface area contributed by atoms with Crippen molar-refractivity contribution in [3.8, 4) is 0 Å². The second-order valence-corrected chi connectivity index (χ2v) is 2.38. The lowest BCUT2D eigenvalue weighted by atomic mass is 10.1. The highest BCUT2D eigenvalue weighted by atomic mass is 19.2. The van der Waals surface area contributed by atoms with Crippen LogP contribution < -0.4 is 11.5 Å². The van der Waals surface area contributed by atoms with E-state index in [2.05, 4.69) is 0 Å². The number of benzene rings is 1. The van der Waals surface area contributed by atoms with Crippen LogP contribution in [0.5, 0.6) is 0 Å². The third kappa shape index (κ3) is 3.19. The molecule has 0 aliphatic carbocycles. The Hall–Kier alpha value is -1.65. The molecule has 0 heterocycles. The summed E-state index contributed by atoms with van der Waals surface area (Å²) in [6.07, 6.45) is 0.978. The molecule has 0 aromatic heterocycles. The van der Waals surface area contributed by atoms with Gasteiger partial charge in [0.2, 0.25) is 0 Å². The second kappa shape index (κ2) is 5.95. The molecule has 0 amide bonds. The molecule has 1 rings (SSSR count). The molecular weight excluding hydrogens is 205 g/mol. The Bertz CT molecular complexity index is 339. The fraction of sp³-hybridized carbons (Fsp3) is 0.200. The van der Waals surface area contributed by atoms with Gasteiger partial charge in [-0.3, -0.25) is 0 Å². The van der Waals surface area contributed by atoms with Crippen molar-refractivity contribution in [3.63, 3.8) is 0 Å².